The molecule has 0 aliphatic heterocycles. The molecular formula is C13H11Cl2N7O4. The molecule has 3 aromatic rings. The number of nitrogens with one attached hydrogen (secondary N) is 2. The zero-order valence-corrected chi connectivity index (χ0v) is 14.5. The lowest BCUT2D eigenvalue weighted by molar-refractivity contribution is -0.382. The average Bonchev–Trinajstić information content (AvgIpc) is 3.07. The van der Waals surface area contributed by atoms with Gasteiger partial charge in [0.15, 0.2) is 15.8 Å². The summed E-state index contributed by atoms with van der Waals surface area (Å²) in [6, 6.07) is 1.45. The minimum atomic E-state index is -0.594. The average molecular weight is 400 g/mol. The van der Waals surface area contributed by atoms with Crippen LogP contribution in [0.1, 0.15) is 6.42 Å². The lowest BCUT2D eigenvalue weighted by atomic mass is 10.2. The highest BCUT2D eigenvalue weighted by Gasteiger charge is 2.26. The van der Waals surface area contributed by atoms with Gasteiger partial charge < -0.3 is 15.7 Å². The van der Waals surface area contributed by atoms with Gasteiger partial charge in [0.25, 0.3) is 0 Å². The molecule has 0 saturated heterocycles. The number of hydrogen-bond donors (Lipinski definition) is 3. The van der Waals surface area contributed by atoms with Crippen LogP contribution in [0.5, 0.6) is 0 Å². The van der Waals surface area contributed by atoms with Gasteiger partial charge in [-0.2, -0.15) is 0 Å². The number of hydrogen-bond acceptors (Lipinski definition) is 10. The van der Waals surface area contributed by atoms with Crippen molar-refractivity contribution < 1.29 is 14.7 Å². The van der Waals surface area contributed by atoms with Crippen LogP contribution in [0.2, 0.25) is 10.3 Å². The van der Waals surface area contributed by atoms with E-state index in [4.69, 9.17) is 28.3 Å². The largest absolute Gasteiger partial charge is 0.396 e. The highest BCUT2D eigenvalue weighted by atomic mass is 35.5. The van der Waals surface area contributed by atoms with E-state index in [9.17, 15) is 10.1 Å². The van der Waals surface area contributed by atoms with Gasteiger partial charge in [-0.05, 0) is 22.8 Å². The first-order valence-corrected chi connectivity index (χ1v) is 8.00. The molecule has 136 valence electrons. The smallest absolute Gasteiger partial charge is 0.323 e. The van der Waals surface area contributed by atoms with Crippen LogP contribution in [0.15, 0.2) is 17.0 Å². The number of benzene rings is 1. The molecule has 0 saturated carbocycles. The fraction of sp³-hybridized carbons (Fsp3) is 0.231. The maximum absolute atomic E-state index is 11.5. The van der Waals surface area contributed by atoms with Crippen LogP contribution in [-0.4, -0.2) is 43.5 Å². The molecule has 0 unspecified atom stereocenters. The molecule has 2 heterocycles. The molecule has 0 bridgehead atoms. The number of rotatable bonds is 7. The third kappa shape index (κ3) is 3.45. The Labute approximate surface area is 155 Å². The van der Waals surface area contributed by atoms with Crippen molar-refractivity contribution in [2.75, 3.05) is 23.8 Å². The number of fused-ring (bicyclic) bond motifs is 1. The summed E-state index contributed by atoms with van der Waals surface area (Å²) < 4.78 is 4.67. The summed E-state index contributed by atoms with van der Waals surface area (Å²) in [4.78, 5) is 18.5. The van der Waals surface area contributed by atoms with Crippen molar-refractivity contribution in [1.29, 1.82) is 0 Å². The van der Waals surface area contributed by atoms with Crippen molar-refractivity contribution in [2.24, 2.45) is 0 Å². The highest BCUT2D eigenvalue weighted by molar-refractivity contribution is 6.37. The molecular weight excluding hydrogens is 389 g/mol. The number of anilines is 3. The van der Waals surface area contributed by atoms with Gasteiger partial charge in [0.2, 0.25) is 5.52 Å². The first kappa shape index (κ1) is 18.0. The van der Waals surface area contributed by atoms with Gasteiger partial charge >= 0.3 is 5.69 Å². The summed E-state index contributed by atoms with van der Waals surface area (Å²) in [6.07, 6.45) is 1.60. The molecule has 0 radical (unpaired) electrons. The second kappa shape index (κ2) is 7.64. The molecule has 2 aromatic heterocycles. The van der Waals surface area contributed by atoms with Crippen LogP contribution in [0.4, 0.5) is 22.7 Å². The van der Waals surface area contributed by atoms with E-state index in [1.165, 1.54) is 12.4 Å². The topological polar surface area (TPSA) is 152 Å². The van der Waals surface area contributed by atoms with Crippen molar-refractivity contribution in [2.45, 2.75) is 6.42 Å². The van der Waals surface area contributed by atoms with E-state index in [0.29, 0.717) is 18.7 Å². The molecule has 0 aliphatic rings. The number of nitrogens with zero attached hydrogens (tertiary/aromatic N) is 5. The van der Waals surface area contributed by atoms with Crippen LogP contribution >= 0.6 is 23.2 Å². The van der Waals surface area contributed by atoms with Crippen LogP contribution in [0.3, 0.4) is 0 Å². The van der Waals surface area contributed by atoms with E-state index in [0.717, 1.165) is 0 Å². The van der Waals surface area contributed by atoms with Crippen LogP contribution in [0.25, 0.3) is 11.0 Å². The summed E-state index contributed by atoms with van der Waals surface area (Å²) >= 11 is 12.0. The normalized spacial score (nSPS) is 10.9. The molecule has 13 heteroatoms. The minimum absolute atomic E-state index is 0.0581. The summed E-state index contributed by atoms with van der Waals surface area (Å²) in [7, 11) is 0. The van der Waals surface area contributed by atoms with Crippen molar-refractivity contribution >= 4 is 57.0 Å². The Morgan fingerprint density at radius 2 is 1.88 bits per heavy atom. The summed E-state index contributed by atoms with van der Waals surface area (Å²) in [6.45, 7) is 0.246. The van der Waals surface area contributed by atoms with E-state index in [1.807, 2.05) is 0 Å². The Morgan fingerprint density at radius 1 is 1.19 bits per heavy atom. The number of nitro groups is 1. The SMILES string of the molecule is O=[N+]([O-])c1c(NCCCO)cc(Nc2c(Cl)ncnc2Cl)c2nonc12. The maximum atomic E-state index is 11.5. The van der Waals surface area contributed by atoms with E-state index in [1.54, 1.807) is 0 Å². The molecule has 0 fully saturated rings. The number of nitro benzene ring substituents is 1. The van der Waals surface area contributed by atoms with E-state index in [2.05, 4.69) is 35.5 Å². The van der Waals surface area contributed by atoms with Crippen LogP contribution in [0, 0.1) is 10.1 Å². The summed E-state index contributed by atoms with van der Waals surface area (Å²) in [5.74, 6) is 0. The number of aliphatic hydroxyl groups excluding tert-OH is 1. The van der Waals surface area contributed by atoms with Gasteiger partial charge in [-0.3, -0.25) is 10.1 Å². The number of aromatic nitrogens is 4. The monoisotopic (exact) mass is 399 g/mol. The molecule has 3 N–H and O–H groups in total. The quantitative estimate of drug-likeness (QED) is 0.234. The van der Waals surface area contributed by atoms with E-state index < -0.39 is 4.92 Å². The van der Waals surface area contributed by atoms with Gasteiger partial charge in [-0.1, -0.05) is 23.2 Å². The number of aliphatic hydroxyl groups is 1. The summed E-state index contributed by atoms with van der Waals surface area (Å²) in [5, 5.41) is 33.6. The molecule has 0 atom stereocenters. The Morgan fingerprint density at radius 3 is 2.54 bits per heavy atom. The highest BCUT2D eigenvalue weighted by Crippen LogP contribution is 2.39. The minimum Gasteiger partial charge on any atom is -0.396 e. The Bertz CT molecular complexity index is 945. The van der Waals surface area contributed by atoms with Gasteiger partial charge in [-0.15, -0.1) is 0 Å². The lowest BCUT2D eigenvalue weighted by Crippen LogP contribution is -2.07. The summed E-state index contributed by atoms with van der Waals surface area (Å²) in [5.41, 5.74) is 0.424. The predicted octanol–water partition coefficient (Wildman–Crippen LogP) is 2.77. The lowest BCUT2D eigenvalue weighted by Gasteiger charge is -2.12. The van der Waals surface area contributed by atoms with Crippen molar-refractivity contribution in [3.63, 3.8) is 0 Å². The zero-order valence-electron chi connectivity index (χ0n) is 12.9. The van der Waals surface area contributed by atoms with Gasteiger partial charge in [0, 0.05) is 13.2 Å². The molecule has 0 spiro atoms. The molecule has 0 aliphatic carbocycles. The Hall–Kier alpha value is -2.76. The van der Waals surface area contributed by atoms with Crippen molar-refractivity contribution in [1.82, 2.24) is 20.3 Å². The zero-order chi connectivity index (χ0) is 18.7. The van der Waals surface area contributed by atoms with Gasteiger partial charge in [0.05, 0.1) is 10.6 Å². The molecule has 3 rings (SSSR count). The second-order valence-electron chi connectivity index (χ2n) is 5.00. The van der Waals surface area contributed by atoms with Crippen LogP contribution in [-0.2, 0) is 0 Å². The Balaban J connectivity index is 2.12. The standard InChI is InChI=1S/C13H11Cl2N7O4/c14-12-10(13(15)18-5-17-12)19-6-4-7(16-2-1-3-23)11(22(24)25)9-8(6)20-26-21-9/h4-5,16,19,23H,1-3H2. The first-order chi connectivity index (χ1) is 12.5. The van der Waals surface area contributed by atoms with Crippen LogP contribution < -0.4 is 10.6 Å². The van der Waals surface area contributed by atoms with Crippen molar-refractivity contribution in [3.05, 3.63) is 32.8 Å². The van der Waals surface area contributed by atoms with Gasteiger partial charge in [-0.25, -0.2) is 14.6 Å². The fourth-order valence-corrected chi connectivity index (χ4v) is 2.64. The number of halogens is 2. The Kier molecular flexibility index (Phi) is 5.30. The van der Waals surface area contributed by atoms with E-state index >= 15 is 0 Å². The molecule has 11 nitrogen and oxygen atoms in total. The second-order valence-corrected chi connectivity index (χ2v) is 5.71. The maximum Gasteiger partial charge on any atom is 0.323 e. The third-order valence-corrected chi connectivity index (χ3v) is 3.93. The third-order valence-electron chi connectivity index (χ3n) is 3.36. The fourth-order valence-electron chi connectivity index (χ4n) is 2.23. The predicted molar refractivity (Wildman–Crippen MR) is 94.0 cm³/mol. The van der Waals surface area contributed by atoms with E-state index in [-0.39, 0.29) is 45.0 Å². The molecule has 26 heavy (non-hydrogen) atoms. The first-order valence-electron chi connectivity index (χ1n) is 7.24. The molecule has 1 aromatic carbocycles. The molecule has 0 amide bonds. The van der Waals surface area contributed by atoms with Gasteiger partial charge in [0.1, 0.15) is 17.7 Å². The van der Waals surface area contributed by atoms with Crippen molar-refractivity contribution in [3.8, 4) is 0 Å².